The van der Waals surface area contributed by atoms with Crippen molar-refractivity contribution in [3.63, 3.8) is 0 Å². The van der Waals surface area contributed by atoms with E-state index in [4.69, 9.17) is 9.47 Å². The second kappa shape index (κ2) is 8.64. The molecule has 5 rings (SSSR count). The van der Waals surface area contributed by atoms with Crippen molar-refractivity contribution in [2.24, 2.45) is 5.92 Å². The van der Waals surface area contributed by atoms with Crippen LogP contribution in [0.2, 0.25) is 0 Å². The van der Waals surface area contributed by atoms with E-state index in [0.717, 1.165) is 22.1 Å². The summed E-state index contributed by atoms with van der Waals surface area (Å²) in [6.45, 7) is 0.762. The number of nitrogens with zero attached hydrogens (tertiary/aromatic N) is 2. The van der Waals surface area contributed by atoms with Gasteiger partial charge in [-0.25, -0.2) is 0 Å². The maximum atomic E-state index is 12.7. The number of hydrogen-bond acceptors (Lipinski definition) is 6. The van der Waals surface area contributed by atoms with Crippen LogP contribution in [0.3, 0.4) is 0 Å². The van der Waals surface area contributed by atoms with Crippen LogP contribution in [0.15, 0.2) is 71.5 Å². The topological polar surface area (TPSA) is 75.0 Å². The standard InChI is InChI=1S/C27H29BrN2O4/c1-30(2)14-13-20-23(17-7-5-4-6-8-17)27(18-9-11-19(28)12-10-18)26(32,25(20)31)24-21(33-3)15-29-16-22(24)34-27/h4-12,15-16,20,23,25,31-32H,13-14H2,1-3H3. The van der Waals surface area contributed by atoms with Gasteiger partial charge in [0.15, 0.2) is 11.2 Å². The van der Waals surface area contributed by atoms with Crippen LogP contribution in [0.4, 0.5) is 0 Å². The average molecular weight is 525 g/mol. The normalized spacial score (nSPS) is 29.6. The van der Waals surface area contributed by atoms with E-state index in [9.17, 15) is 10.2 Å². The summed E-state index contributed by atoms with van der Waals surface area (Å²) in [4.78, 5) is 6.36. The van der Waals surface area contributed by atoms with Crippen LogP contribution in [0.25, 0.3) is 0 Å². The molecule has 2 heterocycles. The first-order chi connectivity index (χ1) is 16.3. The largest absolute Gasteiger partial charge is 0.495 e. The van der Waals surface area contributed by atoms with Crippen molar-refractivity contribution < 1.29 is 19.7 Å². The molecule has 1 saturated carbocycles. The van der Waals surface area contributed by atoms with E-state index in [1.54, 1.807) is 19.5 Å². The Morgan fingerprint density at radius 1 is 1.09 bits per heavy atom. The Labute approximate surface area is 208 Å². The smallest absolute Gasteiger partial charge is 0.177 e. The van der Waals surface area contributed by atoms with Gasteiger partial charge < -0.3 is 24.6 Å². The quantitative estimate of drug-likeness (QED) is 0.506. The second-order valence-electron chi connectivity index (χ2n) is 9.41. The molecule has 7 heteroatoms. The maximum Gasteiger partial charge on any atom is 0.177 e. The van der Waals surface area contributed by atoms with Gasteiger partial charge in [-0.3, -0.25) is 4.98 Å². The predicted octanol–water partition coefficient (Wildman–Crippen LogP) is 4.05. The minimum Gasteiger partial charge on any atom is -0.495 e. The lowest BCUT2D eigenvalue weighted by atomic mass is 9.70. The minimum atomic E-state index is -1.75. The molecular formula is C27H29BrN2O4. The van der Waals surface area contributed by atoms with Gasteiger partial charge in [0.2, 0.25) is 0 Å². The molecule has 0 amide bonds. The van der Waals surface area contributed by atoms with Crippen molar-refractivity contribution >= 4 is 15.9 Å². The fourth-order valence-electron chi connectivity index (χ4n) is 5.96. The molecule has 34 heavy (non-hydrogen) atoms. The Morgan fingerprint density at radius 3 is 2.44 bits per heavy atom. The summed E-state index contributed by atoms with van der Waals surface area (Å²) in [6.07, 6.45) is 2.74. The number of methoxy groups -OCH3 is 1. The molecule has 0 bridgehead atoms. The Kier molecular flexibility index (Phi) is 5.92. The number of ether oxygens (including phenoxy) is 2. The number of hydrogen-bond donors (Lipinski definition) is 2. The molecule has 3 aromatic rings. The lowest BCUT2D eigenvalue weighted by Gasteiger charge is -2.41. The molecule has 0 saturated heterocycles. The summed E-state index contributed by atoms with van der Waals surface area (Å²) in [6, 6.07) is 17.8. The number of aliphatic hydroxyl groups excluding tert-OH is 1. The fraction of sp³-hybridized carbons (Fsp3) is 0.370. The van der Waals surface area contributed by atoms with Crippen LogP contribution < -0.4 is 9.47 Å². The number of aromatic nitrogens is 1. The lowest BCUT2D eigenvalue weighted by molar-refractivity contribution is -0.152. The Hall–Kier alpha value is -2.45. The van der Waals surface area contributed by atoms with E-state index < -0.39 is 17.3 Å². The second-order valence-corrected chi connectivity index (χ2v) is 10.3. The van der Waals surface area contributed by atoms with Gasteiger partial charge in [-0.1, -0.05) is 58.4 Å². The van der Waals surface area contributed by atoms with Crippen LogP contribution in [0.1, 0.15) is 29.0 Å². The van der Waals surface area contributed by atoms with E-state index in [1.165, 1.54) is 0 Å². The molecule has 5 atom stereocenters. The SMILES string of the molecule is COc1cncc2c1C1(O)C(O)C(CCN(C)C)C(c3ccccc3)C1(c1ccc(Br)cc1)O2. The highest BCUT2D eigenvalue weighted by Crippen LogP contribution is 2.70. The average Bonchev–Trinajstić information content (AvgIpc) is 3.21. The molecule has 5 unspecified atom stereocenters. The van der Waals surface area contributed by atoms with Crippen LogP contribution >= 0.6 is 15.9 Å². The van der Waals surface area contributed by atoms with Crippen molar-refractivity contribution in [1.29, 1.82) is 0 Å². The highest BCUT2D eigenvalue weighted by molar-refractivity contribution is 9.10. The van der Waals surface area contributed by atoms with Gasteiger partial charge in [0.25, 0.3) is 0 Å². The van der Waals surface area contributed by atoms with Crippen molar-refractivity contribution in [2.45, 2.75) is 29.6 Å². The molecule has 0 spiro atoms. The minimum absolute atomic E-state index is 0.274. The summed E-state index contributed by atoms with van der Waals surface area (Å²) >= 11 is 3.53. The molecule has 2 aliphatic rings. The van der Waals surface area contributed by atoms with E-state index in [2.05, 4.69) is 25.8 Å². The van der Waals surface area contributed by atoms with Crippen LogP contribution in [-0.2, 0) is 11.2 Å². The predicted molar refractivity (Wildman–Crippen MR) is 133 cm³/mol. The Bertz CT molecular complexity index is 1170. The fourth-order valence-corrected chi connectivity index (χ4v) is 6.22. The zero-order valence-corrected chi connectivity index (χ0v) is 21.1. The molecule has 1 fully saturated rings. The highest BCUT2D eigenvalue weighted by Gasteiger charge is 2.76. The Morgan fingerprint density at radius 2 is 1.79 bits per heavy atom. The molecule has 2 aromatic carbocycles. The summed E-state index contributed by atoms with van der Waals surface area (Å²) in [5.41, 5.74) is -0.777. The molecule has 2 N–H and O–H groups in total. The summed E-state index contributed by atoms with van der Waals surface area (Å²) in [7, 11) is 5.57. The molecule has 1 aliphatic carbocycles. The molecule has 1 aromatic heterocycles. The van der Waals surface area contributed by atoms with Gasteiger partial charge in [0.05, 0.1) is 31.2 Å². The maximum absolute atomic E-state index is 12.7. The van der Waals surface area contributed by atoms with Crippen LogP contribution in [-0.4, -0.2) is 54.0 Å². The van der Waals surface area contributed by atoms with E-state index in [1.807, 2.05) is 68.7 Å². The van der Waals surface area contributed by atoms with Crippen molar-refractivity contribution in [3.05, 3.63) is 88.2 Å². The molecular weight excluding hydrogens is 496 g/mol. The molecule has 0 radical (unpaired) electrons. The van der Waals surface area contributed by atoms with Crippen molar-refractivity contribution in [3.8, 4) is 11.5 Å². The number of halogens is 1. The van der Waals surface area contributed by atoms with Gasteiger partial charge >= 0.3 is 0 Å². The molecule has 6 nitrogen and oxygen atoms in total. The summed E-state index contributed by atoms with van der Waals surface area (Å²) in [5, 5.41) is 24.7. The third-order valence-electron chi connectivity index (χ3n) is 7.36. The lowest BCUT2D eigenvalue weighted by Crippen LogP contribution is -2.52. The first-order valence-corrected chi connectivity index (χ1v) is 12.2. The van der Waals surface area contributed by atoms with Gasteiger partial charge in [0, 0.05) is 16.3 Å². The van der Waals surface area contributed by atoms with Crippen molar-refractivity contribution in [2.75, 3.05) is 27.7 Å². The van der Waals surface area contributed by atoms with Gasteiger partial charge in [-0.15, -0.1) is 0 Å². The monoisotopic (exact) mass is 524 g/mol. The highest BCUT2D eigenvalue weighted by atomic mass is 79.9. The van der Waals surface area contributed by atoms with Gasteiger partial charge in [0.1, 0.15) is 11.5 Å². The van der Waals surface area contributed by atoms with Gasteiger partial charge in [-0.05, 0) is 50.3 Å². The molecule has 178 valence electrons. The third-order valence-corrected chi connectivity index (χ3v) is 7.88. The third kappa shape index (κ3) is 3.22. The van der Waals surface area contributed by atoms with Gasteiger partial charge in [-0.2, -0.15) is 0 Å². The number of benzene rings is 2. The summed E-state index contributed by atoms with van der Waals surface area (Å²) < 4.78 is 13.3. The number of pyridine rings is 1. The zero-order chi connectivity index (χ0) is 24.1. The van der Waals surface area contributed by atoms with Crippen LogP contribution in [0.5, 0.6) is 11.5 Å². The van der Waals surface area contributed by atoms with E-state index >= 15 is 0 Å². The summed E-state index contributed by atoms with van der Waals surface area (Å²) in [5.74, 6) is 0.227. The first kappa shape index (κ1) is 23.3. The first-order valence-electron chi connectivity index (χ1n) is 11.4. The Balaban J connectivity index is 1.82. The number of rotatable bonds is 6. The van der Waals surface area contributed by atoms with E-state index in [-0.39, 0.29) is 11.8 Å². The zero-order valence-electron chi connectivity index (χ0n) is 19.5. The molecule has 1 aliphatic heterocycles. The van der Waals surface area contributed by atoms with Crippen molar-refractivity contribution in [1.82, 2.24) is 9.88 Å². The van der Waals surface area contributed by atoms with E-state index in [0.29, 0.717) is 23.5 Å². The van der Waals surface area contributed by atoms with Crippen LogP contribution in [0, 0.1) is 5.92 Å². The number of aliphatic hydroxyl groups is 2. The number of fused-ring (bicyclic) bond motifs is 3.